The second-order valence-corrected chi connectivity index (χ2v) is 6.38. The summed E-state index contributed by atoms with van der Waals surface area (Å²) in [6.07, 6.45) is 7.67. The molecule has 0 aliphatic heterocycles. The fourth-order valence-electron chi connectivity index (χ4n) is 2.42. The maximum Gasteiger partial charge on any atom is 0.326 e. The Balaban J connectivity index is 2.14. The number of carbonyl (C=O) groups excluding carboxylic acids is 2. The number of hydrogen-bond acceptors (Lipinski definition) is 4. The molecule has 120 valence electrons. The quantitative estimate of drug-likeness (QED) is 0.337. The molecule has 0 aromatic carbocycles. The van der Waals surface area contributed by atoms with Gasteiger partial charge in [-0.1, -0.05) is 25.7 Å². The first-order valence-electron chi connectivity index (χ1n) is 7.43. The molecular formula is C14H24N2O4S. The van der Waals surface area contributed by atoms with Crippen molar-refractivity contribution in [3.05, 3.63) is 0 Å². The van der Waals surface area contributed by atoms with Crippen LogP contribution in [0.15, 0.2) is 0 Å². The number of carbonyl (C=O) groups is 3. The van der Waals surface area contributed by atoms with Gasteiger partial charge in [0, 0.05) is 6.04 Å². The maximum absolute atomic E-state index is 11.8. The van der Waals surface area contributed by atoms with Crippen LogP contribution >= 0.6 is 11.8 Å². The molecule has 1 aliphatic rings. The zero-order valence-electron chi connectivity index (χ0n) is 12.2. The lowest BCUT2D eigenvalue weighted by Gasteiger charge is -2.16. The van der Waals surface area contributed by atoms with Gasteiger partial charge >= 0.3 is 5.97 Å². The summed E-state index contributed by atoms with van der Waals surface area (Å²) in [5.74, 6) is -0.174. The number of thioether (sulfide) groups is 1. The molecule has 1 saturated carbocycles. The van der Waals surface area contributed by atoms with E-state index in [1.54, 1.807) is 0 Å². The fourth-order valence-corrected chi connectivity index (χ4v) is 3.23. The molecule has 0 heterocycles. The number of carboxylic acids is 1. The molecule has 7 heteroatoms. The minimum Gasteiger partial charge on any atom is -0.480 e. The minimum atomic E-state index is -1.05. The summed E-state index contributed by atoms with van der Waals surface area (Å²) in [6.45, 7) is 0. The third-order valence-electron chi connectivity index (χ3n) is 3.57. The van der Waals surface area contributed by atoms with Gasteiger partial charge in [-0.15, -0.1) is 0 Å². The molecule has 1 rings (SSSR count). The van der Waals surface area contributed by atoms with Gasteiger partial charge in [0.05, 0.1) is 5.75 Å². The van der Waals surface area contributed by atoms with Crippen LogP contribution in [0.2, 0.25) is 0 Å². The first-order chi connectivity index (χ1) is 10.1. The van der Waals surface area contributed by atoms with E-state index >= 15 is 0 Å². The van der Waals surface area contributed by atoms with Crippen LogP contribution in [0.1, 0.15) is 44.9 Å². The van der Waals surface area contributed by atoms with Crippen molar-refractivity contribution in [2.75, 3.05) is 11.5 Å². The number of amides is 2. The summed E-state index contributed by atoms with van der Waals surface area (Å²) < 4.78 is 0. The summed E-state index contributed by atoms with van der Waals surface area (Å²) in [6, 6.07) is -0.580. The smallest absolute Gasteiger partial charge is 0.326 e. The Kier molecular flexibility index (Phi) is 8.89. The Hall–Kier alpha value is -1.24. The molecule has 3 N–H and O–H groups in total. The van der Waals surface area contributed by atoms with Gasteiger partial charge in [-0.05, 0) is 25.0 Å². The van der Waals surface area contributed by atoms with E-state index in [0.29, 0.717) is 30.4 Å². The molecule has 6 nitrogen and oxygen atoms in total. The number of carboxylic acid groups (broad SMARTS) is 1. The van der Waals surface area contributed by atoms with Crippen LogP contribution in [-0.4, -0.2) is 47.0 Å². The highest BCUT2D eigenvalue weighted by Crippen LogP contribution is 2.17. The van der Waals surface area contributed by atoms with Gasteiger partial charge in [-0.25, -0.2) is 4.79 Å². The number of nitrogens with one attached hydrogen (secondary N) is 2. The predicted molar refractivity (Wildman–Crippen MR) is 82.2 cm³/mol. The molecular weight excluding hydrogens is 292 g/mol. The van der Waals surface area contributed by atoms with E-state index in [2.05, 4.69) is 10.6 Å². The Labute approximate surface area is 129 Å². The highest BCUT2D eigenvalue weighted by molar-refractivity contribution is 7.99. The van der Waals surface area contributed by atoms with Crippen LogP contribution in [0.4, 0.5) is 0 Å². The topological polar surface area (TPSA) is 95.5 Å². The molecule has 1 atom stereocenters. The van der Waals surface area contributed by atoms with Crippen LogP contribution in [0.25, 0.3) is 0 Å². The van der Waals surface area contributed by atoms with Gasteiger partial charge in [0.2, 0.25) is 12.3 Å². The fraction of sp³-hybridized carbons (Fsp3) is 0.786. The van der Waals surface area contributed by atoms with Crippen LogP contribution in [0.3, 0.4) is 0 Å². The molecule has 0 saturated heterocycles. The van der Waals surface area contributed by atoms with Gasteiger partial charge in [-0.3, -0.25) is 9.59 Å². The van der Waals surface area contributed by atoms with Crippen LogP contribution in [0.5, 0.6) is 0 Å². The van der Waals surface area contributed by atoms with E-state index < -0.39 is 12.0 Å². The first-order valence-corrected chi connectivity index (χ1v) is 8.58. The second-order valence-electron chi connectivity index (χ2n) is 5.27. The van der Waals surface area contributed by atoms with Crippen molar-refractivity contribution in [2.24, 2.45) is 0 Å². The van der Waals surface area contributed by atoms with Crippen molar-refractivity contribution in [3.8, 4) is 0 Å². The van der Waals surface area contributed by atoms with E-state index in [9.17, 15) is 14.4 Å². The molecule has 0 aromatic rings. The summed E-state index contributed by atoms with van der Waals surface area (Å²) in [5, 5.41) is 14.1. The Morgan fingerprint density at radius 3 is 2.48 bits per heavy atom. The average Bonchev–Trinajstić information content (AvgIpc) is 2.70. The molecule has 0 spiro atoms. The van der Waals surface area contributed by atoms with Gasteiger partial charge in [0.15, 0.2) is 0 Å². The largest absolute Gasteiger partial charge is 0.480 e. The molecule has 1 unspecified atom stereocenters. The van der Waals surface area contributed by atoms with Gasteiger partial charge < -0.3 is 15.7 Å². The molecule has 0 bridgehead atoms. The summed E-state index contributed by atoms with van der Waals surface area (Å²) in [5.41, 5.74) is 0. The number of hydrogen-bond donors (Lipinski definition) is 3. The van der Waals surface area contributed by atoms with Crippen LogP contribution < -0.4 is 10.6 Å². The van der Waals surface area contributed by atoms with Crippen LogP contribution in [-0.2, 0) is 14.4 Å². The molecule has 0 radical (unpaired) electrons. The standard InChI is InChI=1S/C14H24N2O4S/c17-10-15-12(14(19)20)7-8-21-9-13(18)16-11-5-3-1-2-4-6-11/h10-12H,1-9H2,(H,15,17)(H,16,18)(H,19,20). The van der Waals surface area contributed by atoms with Crippen molar-refractivity contribution < 1.29 is 19.5 Å². The van der Waals surface area contributed by atoms with E-state index in [1.165, 1.54) is 37.4 Å². The molecule has 21 heavy (non-hydrogen) atoms. The van der Waals surface area contributed by atoms with Crippen molar-refractivity contribution in [2.45, 2.75) is 57.0 Å². The Morgan fingerprint density at radius 1 is 1.24 bits per heavy atom. The highest BCUT2D eigenvalue weighted by Gasteiger charge is 2.17. The average molecular weight is 316 g/mol. The highest BCUT2D eigenvalue weighted by atomic mass is 32.2. The Morgan fingerprint density at radius 2 is 1.90 bits per heavy atom. The normalized spacial score (nSPS) is 17.5. The minimum absolute atomic E-state index is 0.0159. The zero-order valence-corrected chi connectivity index (χ0v) is 13.0. The first kappa shape index (κ1) is 17.8. The van der Waals surface area contributed by atoms with E-state index in [4.69, 9.17) is 5.11 Å². The van der Waals surface area contributed by atoms with Crippen LogP contribution in [0, 0.1) is 0 Å². The molecule has 2 amide bonds. The van der Waals surface area contributed by atoms with Crippen molar-refractivity contribution in [1.82, 2.24) is 10.6 Å². The SMILES string of the molecule is O=CNC(CCSCC(=O)NC1CCCCCC1)C(=O)O. The zero-order chi connectivity index (χ0) is 15.5. The van der Waals surface area contributed by atoms with Crippen molar-refractivity contribution >= 4 is 30.0 Å². The van der Waals surface area contributed by atoms with E-state index in [-0.39, 0.29) is 5.91 Å². The third kappa shape index (κ3) is 7.94. The van der Waals surface area contributed by atoms with Crippen molar-refractivity contribution in [1.29, 1.82) is 0 Å². The second kappa shape index (κ2) is 10.5. The summed E-state index contributed by atoms with van der Waals surface area (Å²) in [4.78, 5) is 32.9. The monoisotopic (exact) mass is 316 g/mol. The lowest BCUT2D eigenvalue weighted by Crippen LogP contribution is -2.37. The number of rotatable bonds is 9. The molecule has 1 aliphatic carbocycles. The Bertz CT molecular complexity index is 344. The van der Waals surface area contributed by atoms with E-state index in [1.807, 2.05) is 0 Å². The van der Waals surface area contributed by atoms with E-state index in [0.717, 1.165) is 12.8 Å². The van der Waals surface area contributed by atoms with Crippen molar-refractivity contribution in [3.63, 3.8) is 0 Å². The third-order valence-corrected chi connectivity index (χ3v) is 4.56. The lowest BCUT2D eigenvalue weighted by atomic mass is 10.1. The lowest BCUT2D eigenvalue weighted by molar-refractivity contribution is -0.140. The summed E-state index contributed by atoms with van der Waals surface area (Å²) in [7, 11) is 0. The predicted octanol–water partition coefficient (Wildman–Crippen LogP) is 1.15. The molecule has 1 fully saturated rings. The summed E-state index contributed by atoms with van der Waals surface area (Å²) >= 11 is 1.40. The number of aliphatic carboxylic acids is 1. The van der Waals surface area contributed by atoms with Gasteiger partial charge in [0.25, 0.3) is 0 Å². The molecule has 0 aromatic heterocycles. The maximum atomic E-state index is 11.8. The van der Waals surface area contributed by atoms with Gasteiger partial charge in [-0.2, -0.15) is 11.8 Å². The van der Waals surface area contributed by atoms with Gasteiger partial charge in [0.1, 0.15) is 6.04 Å².